The molecular formula is C7H13N2NaO4. The number of aliphatic hydroxyl groups excluding tert-OH is 1. The van der Waals surface area contributed by atoms with Crippen LogP contribution in [0.15, 0.2) is 0 Å². The smallest absolute Gasteiger partial charge is 0.549 e. The molecule has 0 saturated carbocycles. The number of hydrogen-bond acceptors (Lipinski definition) is 5. The average molecular weight is 212 g/mol. The summed E-state index contributed by atoms with van der Waals surface area (Å²) in [6.45, 7) is 0.647. The van der Waals surface area contributed by atoms with E-state index >= 15 is 0 Å². The number of carbonyl (C=O) groups excluding carboxylic acids is 2. The fraction of sp³-hybridized carbons (Fsp3) is 0.714. The first-order chi connectivity index (χ1) is 6.20. The molecule has 1 amide bonds. The van der Waals surface area contributed by atoms with E-state index in [1.807, 2.05) is 0 Å². The molecule has 0 aromatic heterocycles. The summed E-state index contributed by atoms with van der Waals surface area (Å²) in [7, 11) is 0. The summed E-state index contributed by atoms with van der Waals surface area (Å²) in [6, 6.07) is 0. The summed E-state index contributed by atoms with van der Waals surface area (Å²) < 4.78 is 0. The molecule has 0 unspecified atom stereocenters. The minimum absolute atomic E-state index is 0. The van der Waals surface area contributed by atoms with Gasteiger partial charge in [-0.2, -0.15) is 0 Å². The Kier molecular flexibility index (Phi) is 12.7. The third-order valence-electron chi connectivity index (χ3n) is 1.42. The summed E-state index contributed by atoms with van der Waals surface area (Å²) in [4.78, 5) is 21.5. The van der Waals surface area contributed by atoms with Crippen molar-refractivity contribution in [2.24, 2.45) is 0 Å². The number of nitrogens with zero attached hydrogens (tertiary/aromatic N) is 1. The summed E-state index contributed by atoms with van der Waals surface area (Å²) in [5, 5.41) is 21.1. The Balaban J connectivity index is 0. The van der Waals surface area contributed by atoms with Gasteiger partial charge in [0.15, 0.2) is 0 Å². The molecule has 0 spiro atoms. The van der Waals surface area contributed by atoms with Crippen LogP contribution < -0.4 is 40.0 Å². The van der Waals surface area contributed by atoms with Crippen molar-refractivity contribution in [3.8, 4) is 0 Å². The molecule has 0 aromatic carbocycles. The Morgan fingerprint density at radius 3 is 2.57 bits per heavy atom. The average Bonchev–Trinajstić information content (AvgIpc) is 2.04. The first-order valence-corrected chi connectivity index (χ1v) is 3.90. The van der Waals surface area contributed by atoms with Gasteiger partial charge in [-0.05, 0) is 0 Å². The molecule has 0 aliphatic rings. The van der Waals surface area contributed by atoms with E-state index in [9.17, 15) is 14.7 Å². The van der Waals surface area contributed by atoms with Crippen LogP contribution in [-0.4, -0.2) is 55.2 Å². The minimum atomic E-state index is -1.19. The Hall–Kier alpha value is -0.140. The number of carboxylic acid groups (broad SMARTS) is 1. The number of rotatable bonds is 8. The molecule has 0 atom stereocenters. The van der Waals surface area contributed by atoms with Crippen molar-refractivity contribution in [1.82, 2.24) is 10.2 Å². The second-order valence-electron chi connectivity index (χ2n) is 2.44. The van der Waals surface area contributed by atoms with Gasteiger partial charge in [-0.15, -0.1) is 0 Å². The van der Waals surface area contributed by atoms with Gasteiger partial charge in [0, 0.05) is 26.2 Å². The molecular weight excluding hydrogens is 199 g/mol. The molecule has 6 nitrogen and oxygen atoms in total. The molecule has 0 aliphatic heterocycles. The van der Waals surface area contributed by atoms with E-state index in [1.165, 1.54) is 4.90 Å². The van der Waals surface area contributed by atoms with E-state index in [0.29, 0.717) is 19.5 Å². The Bertz CT molecular complexity index is 168. The second kappa shape index (κ2) is 10.9. The first-order valence-electron chi connectivity index (χ1n) is 3.90. The van der Waals surface area contributed by atoms with Crippen LogP contribution in [-0.2, 0) is 9.59 Å². The number of carbonyl (C=O) groups is 2. The van der Waals surface area contributed by atoms with Crippen LogP contribution in [0, 0.1) is 0 Å². The molecule has 0 rings (SSSR count). The molecule has 0 aliphatic carbocycles. The number of amides is 1. The summed E-state index contributed by atoms with van der Waals surface area (Å²) in [6.07, 6.45) is 0.538. The fourth-order valence-electron chi connectivity index (χ4n) is 0.876. The Morgan fingerprint density at radius 2 is 2.14 bits per heavy atom. The molecule has 0 bridgehead atoms. The standard InChI is InChI=1S/C7H14N2O4.Na/c10-4-3-9(5-7(12)13)2-1-8-6-11;/h6,10H,1-5H2,(H,8,11)(H,12,13);/q;+1/p-1. The van der Waals surface area contributed by atoms with Gasteiger partial charge in [0.1, 0.15) is 0 Å². The number of carboxylic acids is 1. The SMILES string of the molecule is O=CNCCN(CCO)CC(=O)[O-].[Na+]. The second-order valence-corrected chi connectivity index (χ2v) is 2.44. The van der Waals surface area contributed by atoms with Crippen molar-refractivity contribution >= 4 is 12.4 Å². The van der Waals surface area contributed by atoms with Crippen LogP contribution in [0.3, 0.4) is 0 Å². The predicted octanol–water partition coefficient (Wildman–Crippen LogP) is -6.22. The van der Waals surface area contributed by atoms with Gasteiger partial charge in [0.2, 0.25) is 6.41 Å². The van der Waals surface area contributed by atoms with Gasteiger partial charge in [-0.3, -0.25) is 9.69 Å². The molecule has 0 heterocycles. The summed E-state index contributed by atoms with van der Waals surface area (Å²) in [5.74, 6) is -1.19. The number of nitrogens with one attached hydrogen (secondary N) is 1. The van der Waals surface area contributed by atoms with Crippen molar-refractivity contribution in [2.75, 3.05) is 32.8 Å². The van der Waals surface area contributed by atoms with E-state index in [2.05, 4.69) is 5.32 Å². The Labute approximate surface area is 105 Å². The van der Waals surface area contributed by atoms with Crippen molar-refractivity contribution in [2.45, 2.75) is 0 Å². The molecule has 0 radical (unpaired) electrons. The van der Waals surface area contributed by atoms with Crippen LogP contribution in [0.4, 0.5) is 0 Å². The van der Waals surface area contributed by atoms with E-state index in [4.69, 9.17) is 5.11 Å². The molecule has 76 valence electrons. The predicted molar refractivity (Wildman–Crippen MR) is 42.6 cm³/mol. The zero-order valence-electron chi connectivity index (χ0n) is 8.23. The minimum Gasteiger partial charge on any atom is -0.549 e. The maximum absolute atomic E-state index is 10.2. The molecule has 7 heteroatoms. The zero-order valence-corrected chi connectivity index (χ0v) is 10.2. The van der Waals surface area contributed by atoms with E-state index in [-0.39, 0.29) is 49.3 Å². The largest absolute Gasteiger partial charge is 1.00 e. The van der Waals surface area contributed by atoms with Crippen molar-refractivity contribution in [1.29, 1.82) is 0 Å². The van der Waals surface area contributed by atoms with Crippen molar-refractivity contribution in [3.63, 3.8) is 0 Å². The van der Waals surface area contributed by atoms with Crippen molar-refractivity contribution < 1.29 is 49.4 Å². The van der Waals surface area contributed by atoms with Crippen LogP contribution in [0.5, 0.6) is 0 Å². The monoisotopic (exact) mass is 212 g/mol. The quantitative estimate of drug-likeness (QED) is 0.237. The number of aliphatic carboxylic acids is 1. The van der Waals surface area contributed by atoms with Crippen molar-refractivity contribution in [3.05, 3.63) is 0 Å². The van der Waals surface area contributed by atoms with Gasteiger partial charge in [0.25, 0.3) is 0 Å². The summed E-state index contributed by atoms with van der Waals surface area (Å²) in [5.41, 5.74) is 0. The van der Waals surface area contributed by atoms with Gasteiger partial charge in [0.05, 0.1) is 12.6 Å². The van der Waals surface area contributed by atoms with Gasteiger partial charge in [-0.25, -0.2) is 0 Å². The van der Waals surface area contributed by atoms with Gasteiger partial charge >= 0.3 is 29.6 Å². The molecule has 2 N–H and O–H groups in total. The van der Waals surface area contributed by atoms with Crippen LogP contribution in [0.2, 0.25) is 0 Å². The molecule has 0 fully saturated rings. The topological polar surface area (TPSA) is 92.7 Å². The number of aliphatic hydroxyl groups is 1. The van der Waals surface area contributed by atoms with Crippen LogP contribution in [0.1, 0.15) is 0 Å². The fourth-order valence-corrected chi connectivity index (χ4v) is 0.876. The maximum Gasteiger partial charge on any atom is 1.00 e. The maximum atomic E-state index is 10.2. The molecule has 14 heavy (non-hydrogen) atoms. The third-order valence-corrected chi connectivity index (χ3v) is 1.42. The van der Waals surface area contributed by atoms with Gasteiger partial charge in [-0.1, -0.05) is 0 Å². The summed E-state index contributed by atoms with van der Waals surface area (Å²) >= 11 is 0. The van der Waals surface area contributed by atoms with E-state index < -0.39 is 5.97 Å². The van der Waals surface area contributed by atoms with Crippen LogP contribution >= 0.6 is 0 Å². The zero-order chi connectivity index (χ0) is 10.1. The normalized spacial score (nSPS) is 9.29. The molecule has 0 aromatic rings. The first kappa shape index (κ1) is 16.3. The number of hydrogen-bond donors (Lipinski definition) is 2. The van der Waals surface area contributed by atoms with E-state index in [0.717, 1.165) is 0 Å². The van der Waals surface area contributed by atoms with E-state index in [1.54, 1.807) is 0 Å². The van der Waals surface area contributed by atoms with Crippen LogP contribution in [0.25, 0.3) is 0 Å². The van der Waals surface area contributed by atoms with Gasteiger partial charge < -0.3 is 20.3 Å². The molecule has 0 saturated heterocycles. The Morgan fingerprint density at radius 1 is 1.50 bits per heavy atom. The third kappa shape index (κ3) is 9.94.